The molecule has 1 amide bonds. The van der Waals surface area contributed by atoms with E-state index >= 15 is 0 Å². The molecule has 2 aromatic heterocycles. The number of amides is 1. The standard InChI is InChI=1S/C20H26F3N5O/c1-26-12-10-15(24-26)17-9-3-2-6-11-27(17)18(29)13-28-16-8-5-4-7-14(16)19(25-28)20(21,22)23/h10,12,17H,2-9,11,13H2,1H3. The average Bonchev–Trinajstić information content (AvgIpc) is 3.17. The van der Waals surface area contributed by atoms with E-state index in [4.69, 9.17) is 0 Å². The summed E-state index contributed by atoms with van der Waals surface area (Å²) in [4.78, 5) is 15.0. The second-order valence-corrected chi connectivity index (χ2v) is 8.00. The van der Waals surface area contributed by atoms with Crippen LogP contribution < -0.4 is 0 Å². The molecule has 0 aromatic carbocycles. The van der Waals surface area contributed by atoms with E-state index in [1.165, 1.54) is 4.68 Å². The predicted octanol–water partition coefficient (Wildman–Crippen LogP) is 3.66. The van der Waals surface area contributed by atoms with Crippen molar-refractivity contribution in [2.75, 3.05) is 6.54 Å². The third kappa shape index (κ3) is 4.04. The number of nitrogens with zero attached hydrogens (tertiary/aromatic N) is 5. The van der Waals surface area contributed by atoms with Crippen LogP contribution in [0.25, 0.3) is 0 Å². The number of alkyl halides is 3. The molecule has 1 saturated heterocycles. The van der Waals surface area contributed by atoms with E-state index < -0.39 is 11.9 Å². The van der Waals surface area contributed by atoms with Gasteiger partial charge in [-0.3, -0.25) is 14.2 Å². The highest BCUT2D eigenvalue weighted by atomic mass is 19.4. The first kappa shape index (κ1) is 20.0. The van der Waals surface area contributed by atoms with E-state index in [2.05, 4.69) is 10.2 Å². The number of halogens is 3. The summed E-state index contributed by atoms with van der Waals surface area (Å²) in [6.07, 6.45) is 3.55. The Bertz CT molecular complexity index is 885. The maximum Gasteiger partial charge on any atom is 0.435 e. The van der Waals surface area contributed by atoms with Crippen molar-refractivity contribution in [1.82, 2.24) is 24.5 Å². The third-order valence-corrected chi connectivity index (χ3v) is 5.96. The molecule has 2 aromatic rings. The lowest BCUT2D eigenvalue weighted by molar-refractivity contribution is -0.143. The summed E-state index contributed by atoms with van der Waals surface area (Å²) in [7, 11) is 1.83. The fraction of sp³-hybridized carbons (Fsp3) is 0.650. The van der Waals surface area contributed by atoms with Crippen molar-refractivity contribution in [1.29, 1.82) is 0 Å². The van der Waals surface area contributed by atoms with Crippen LogP contribution in [0.1, 0.15) is 67.2 Å². The molecular formula is C20H26F3N5O. The van der Waals surface area contributed by atoms with Gasteiger partial charge in [-0.2, -0.15) is 23.4 Å². The lowest BCUT2D eigenvalue weighted by Crippen LogP contribution is -2.38. The van der Waals surface area contributed by atoms with Crippen molar-refractivity contribution >= 4 is 5.91 Å². The Balaban J connectivity index is 1.61. The SMILES string of the molecule is Cn1ccc(C2CCCCCN2C(=O)Cn2nc(C(F)(F)F)c3c2CCCC3)n1. The average molecular weight is 409 g/mol. The van der Waals surface area contributed by atoms with E-state index in [-0.39, 0.29) is 24.1 Å². The van der Waals surface area contributed by atoms with Crippen molar-refractivity contribution in [2.24, 2.45) is 7.05 Å². The first-order valence-corrected chi connectivity index (χ1v) is 10.3. The van der Waals surface area contributed by atoms with Crippen molar-refractivity contribution in [3.05, 3.63) is 34.9 Å². The minimum atomic E-state index is -4.49. The largest absolute Gasteiger partial charge is 0.435 e. The lowest BCUT2D eigenvalue weighted by atomic mass is 9.95. The summed E-state index contributed by atoms with van der Waals surface area (Å²) >= 11 is 0. The fourth-order valence-electron chi connectivity index (χ4n) is 4.57. The van der Waals surface area contributed by atoms with Gasteiger partial charge in [-0.05, 0) is 44.6 Å². The predicted molar refractivity (Wildman–Crippen MR) is 100 cm³/mol. The van der Waals surface area contributed by atoms with Crippen molar-refractivity contribution in [3.8, 4) is 0 Å². The van der Waals surface area contributed by atoms with Crippen LogP contribution >= 0.6 is 0 Å². The van der Waals surface area contributed by atoms with Crippen LogP contribution in [0.15, 0.2) is 12.3 Å². The fourth-order valence-corrected chi connectivity index (χ4v) is 4.57. The minimum Gasteiger partial charge on any atom is -0.332 e. The maximum absolute atomic E-state index is 13.4. The topological polar surface area (TPSA) is 56.0 Å². The molecule has 0 saturated carbocycles. The Kier molecular flexibility index (Phi) is 5.40. The molecule has 0 spiro atoms. The number of rotatable bonds is 3. The molecule has 158 valence electrons. The molecule has 0 bridgehead atoms. The Labute approximate surface area is 167 Å². The van der Waals surface area contributed by atoms with Gasteiger partial charge in [-0.1, -0.05) is 12.8 Å². The Morgan fingerprint density at radius 1 is 1.14 bits per heavy atom. The number of carbonyl (C=O) groups excluding carboxylic acids is 1. The number of aromatic nitrogens is 4. The zero-order valence-corrected chi connectivity index (χ0v) is 16.6. The van der Waals surface area contributed by atoms with Crippen molar-refractivity contribution < 1.29 is 18.0 Å². The maximum atomic E-state index is 13.4. The highest BCUT2D eigenvalue weighted by molar-refractivity contribution is 5.76. The molecule has 9 heteroatoms. The van der Waals surface area contributed by atoms with Gasteiger partial charge in [0.1, 0.15) is 6.54 Å². The molecule has 0 radical (unpaired) electrons. The monoisotopic (exact) mass is 409 g/mol. The molecule has 1 aliphatic heterocycles. The van der Waals surface area contributed by atoms with Crippen LogP contribution in [-0.2, 0) is 37.4 Å². The molecule has 1 aliphatic carbocycles. The van der Waals surface area contributed by atoms with Crippen LogP contribution in [0.5, 0.6) is 0 Å². The summed E-state index contributed by atoms with van der Waals surface area (Å²) in [6, 6.07) is 1.77. The van der Waals surface area contributed by atoms with Gasteiger partial charge < -0.3 is 4.90 Å². The van der Waals surface area contributed by atoms with Crippen LogP contribution in [0.4, 0.5) is 13.2 Å². The number of likely N-dealkylation sites (tertiary alicyclic amines) is 1. The van der Waals surface area contributed by atoms with E-state index in [0.717, 1.165) is 44.2 Å². The number of aryl methyl sites for hydroxylation is 1. The second-order valence-electron chi connectivity index (χ2n) is 8.00. The van der Waals surface area contributed by atoms with Gasteiger partial charge in [0.25, 0.3) is 0 Å². The molecular weight excluding hydrogens is 383 g/mol. The van der Waals surface area contributed by atoms with Gasteiger partial charge in [0, 0.05) is 31.0 Å². The lowest BCUT2D eigenvalue weighted by Gasteiger charge is -2.29. The second kappa shape index (κ2) is 7.84. The van der Waals surface area contributed by atoms with E-state index in [0.29, 0.717) is 25.1 Å². The zero-order chi connectivity index (χ0) is 20.6. The van der Waals surface area contributed by atoms with Crippen LogP contribution in [0, 0.1) is 0 Å². The zero-order valence-electron chi connectivity index (χ0n) is 16.6. The number of hydrogen-bond acceptors (Lipinski definition) is 3. The summed E-state index contributed by atoms with van der Waals surface area (Å²) in [5.41, 5.74) is 0.855. The quantitative estimate of drug-likeness (QED) is 0.778. The van der Waals surface area contributed by atoms with Gasteiger partial charge >= 0.3 is 6.18 Å². The first-order chi connectivity index (χ1) is 13.8. The molecule has 1 atom stereocenters. The van der Waals surface area contributed by atoms with E-state index in [1.807, 2.05) is 19.3 Å². The Hall–Kier alpha value is -2.32. The molecule has 1 fully saturated rings. The van der Waals surface area contributed by atoms with Crippen LogP contribution in [0.2, 0.25) is 0 Å². The van der Waals surface area contributed by atoms with Crippen molar-refractivity contribution in [3.63, 3.8) is 0 Å². The Morgan fingerprint density at radius 3 is 2.66 bits per heavy atom. The van der Waals surface area contributed by atoms with Crippen LogP contribution in [-0.4, -0.2) is 36.9 Å². The molecule has 0 N–H and O–H groups in total. The van der Waals surface area contributed by atoms with E-state index in [1.54, 1.807) is 9.58 Å². The number of carbonyl (C=O) groups is 1. The van der Waals surface area contributed by atoms with Crippen molar-refractivity contribution in [2.45, 2.75) is 70.1 Å². The normalized spacial score (nSPS) is 20.4. The summed E-state index contributed by atoms with van der Waals surface area (Å²) in [5.74, 6) is -0.188. The molecule has 6 nitrogen and oxygen atoms in total. The smallest absolute Gasteiger partial charge is 0.332 e. The third-order valence-electron chi connectivity index (χ3n) is 5.96. The van der Waals surface area contributed by atoms with Gasteiger partial charge in [0.05, 0.1) is 11.7 Å². The molecule has 3 heterocycles. The van der Waals surface area contributed by atoms with E-state index in [9.17, 15) is 18.0 Å². The molecule has 4 rings (SSSR count). The van der Waals surface area contributed by atoms with Gasteiger partial charge in [-0.25, -0.2) is 0 Å². The molecule has 29 heavy (non-hydrogen) atoms. The summed E-state index contributed by atoms with van der Waals surface area (Å²) in [6.45, 7) is 0.442. The Morgan fingerprint density at radius 2 is 1.93 bits per heavy atom. The first-order valence-electron chi connectivity index (χ1n) is 10.3. The van der Waals surface area contributed by atoms with Gasteiger partial charge in [0.2, 0.25) is 5.91 Å². The highest BCUT2D eigenvalue weighted by Crippen LogP contribution is 2.36. The van der Waals surface area contributed by atoms with Crippen LogP contribution in [0.3, 0.4) is 0 Å². The number of fused-ring (bicyclic) bond motifs is 1. The molecule has 2 aliphatic rings. The van der Waals surface area contributed by atoms with Gasteiger partial charge in [0.15, 0.2) is 5.69 Å². The highest BCUT2D eigenvalue weighted by Gasteiger charge is 2.40. The summed E-state index contributed by atoms with van der Waals surface area (Å²) in [5, 5.41) is 8.32. The van der Waals surface area contributed by atoms with Gasteiger partial charge in [-0.15, -0.1) is 0 Å². The minimum absolute atomic E-state index is 0.139. The summed E-state index contributed by atoms with van der Waals surface area (Å²) < 4.78 is 43.3. The molecule has 1 unspecified atom stereocenters. The number of hydrogen-bond donors (Lipinski definition) is 0.